The summed E-state index contributed by atoms with van der Waals surface area (Å²) in [7, 11) is 0. The average Bonchev–Trinajstić information content (AvgIpc) is 2.56. The van der Waals surface area contributed by atoms with Crippen molar-refractivity contribution in [3.8, 4) is 0 Å². The molecule has 1 unspecified atom stereocenters. The van der Waals surface area contributed by atoms with Crippen molar-refractivity contribution >= 4 is 0 Å². The zero-order valence-electron chi connectivity index (χ0n) is 16.0. The van der Waals surface area contributed by atoms with Crippen LogP contribution in [0.4, 0.5) is 74.6 Å². The molecule has 0 rings (SSSR count). The molecule has 0 radical (unpaired) electrons. The van der Waals surface area contributed by atoms with E-state index < -0.39 is 72.7 Å². The predicted octanol–water partition coefficient (Wildman–Crippen LogP) is 7.77. The first-order valence-electron chi connectivity index (χ1n) is 8.15. The molecule has 0 aliphatic rings. The summed E-state index contributed by atoms with van der Waals surface area (Å²) >= 11 is 0. The molecule has 0 aliphatic carbocycles. The molecule has 0 bridgehead atoms. The van der Waals surface area contributed by atoms with Gasteiger partial charge >= 0.3 is 42.2 Å². The predicted molar refractivity (Wildman–Crippen MR) is 76.0 cm³/mol. The van der Waals surface area contributed by atoms with Gasteiger partial charge in [0.05, 0.1) is 11.8 Å². The van der Waals surface area contributed by atoms with Crippen molar-refractivity contribution in [3.05, 3.63) is 24.2 Å². The largest absolute Gasteiger partial charge is 0.463 e. The highest BCUT2D eigenvalue weighted by atomic mass is 19.4. The molecule has 0 N–H and O–H groups in total. The Balaban J connectivity index is 8.26. The second kappa shape index (κ2) is 9.50. The van der Waals surface area contributed by atoms with Crippen LogP contribution in [0.15, 0.2) is 24.2 Å². The van der Waals surface area contributed by atoms with Crippen LogP contribution in [0.1, 0.15) is 19.8 Å². The van der Waals surface area contributed by atoms with Crippen molar-refractivity contribution in [2.75, 3.05) is 0 Å². The summed E-state index contributed by atoms with van der Waals surface area (Å²) < 4.78 is 233. The first-order chi connectivity index (χ1) is 14.7. The van der Waals surface area contributed by atoms with Gasteiger partial charge in [0.2, 0.25) is 12.0 Å². The summed E-state index contributed by atoms with van der Waals surface area (Å²) in [6.07, 6.45) is -43.7. The molecule has 0 spiro atoms. The van der Waals surface area contributed by atoms with Crippen LogP contribution in [0.5, 0.6) is 0 Å². The fourth-order valence-corrected chi connectivity index (χ4v) is 2.34. The van der Waals surface area contributed by atoms with Crippen LogP contribution >= 0.6 is 0 Å². The summed E-state index contributed by atoms with van der Waals surface area (Å²) in [5.41, 5.74) is -22.0. The molecule has 2 nitrogen and oxygen atoms in total. The Morgan fingerprint density at radius 1 is 0.676 bits per heavy atom. The van der Waals surface area contributed by atoms with E-state index in [-0.39, 0.29) is 6.26 Å². The molecule has 1 atom stereocenters. The minimum absolute atomic E-state index is 0.0838. The number of hydrogen-bond donors (Lipinski definition) is 0. The van der Waals surface area contributed by atoms with Gasteiger partial charge in [-0.3, -0.25) is 0 Å². The van der Waals surface area contributed by atoms with Crippen molar-refractivity contribution < 1.29 is 84.1 Å². The molecule has 0 saturated carbocycles. The lowest BCUT2D eigenvalue weighted by Gasteiger charge is -2.41. The first-order valence-corrected chi connectivity index (χ1v) is 8.15. The highest BCUT2D eigenvalue weighted by molar-refractivity contribution is 5.40. The molecule has 19 heteroatoms. The zero-order valence-corrected chi connectivity index (χ0v) is 16.0. The van der Waals surface area contributed by atoms with Gasteiger partial charge in [-0.1, -0.05) is 13.5 Å². The van der Waals surface area contributed by atoms with E-state index in [1.165, 1.54) is 0 Å². The van der Waals surface area contributed by atoms with Gasteiger partial charge in [0.25, 0.3) is 0 Å². The summed E-state index contributed by atoms with van der Waals surface area (Å²) in [5.74, 6) is -4.55. The molecule has 202 valence electrons. The van der Waals surface area contributed by atoms with E-state index in [0.717, 1.165) is 6.92 Å². The van der Waals surface area contributed by atoms with Gasteiger partial charge in [0, 0.05) is 6.42 Å². The Morgan fingerprint density at radius 3 is 1.21 bits per heavy atom. The van der Waals surface area contributed by atoms with Gasteiger partial charge in [0.1, 0.15) is 0 Å². The van der Waals surface area contributed by atoms with Crippen molar-refractivity contribution in [3.63, 3.8) is 0 Å². The third-order valence-corrected chi connectivity index (χ3v) is 3.76. The van der Waals surface area contributed by atoms with Crippen LogP contribution < -0.4 is 0 Å². The molecule has 0 fully saturated rings. The number of halogens is 17. The van der Waals surface area contributed by atoms with E-state index in [9.17, 15) is 74.6 Å². The van der Waals surface area contributed by atoms with Crippen molar-refractivity contribution in [2.45, 2.75) is 68.3 Å². The van der Waals surface area contributed by atoms with E-state index >= 15 is 0 Å². The highest BCUT2D eigenvalue weighted by Gasteiger charge is 2.88. The van der Waals surface area contributed by atoms with Crippen LogP contribution in [-0.2, 0) is 9.47 Å². The molecule has 34 heavy (non-hydrogen) atoms. The van der Waals surface area contributed by atoms with Crippen LogP contribution in [-0.4, -0.2) is 48.5 Å². The number of alkyl halides is 17. The van der Waals surface area contributed by atoms with Crippen molar-refractivity contribution in [1.82, 2.24) is 0 Å². The molecule has 0 heterocycles. The quantitative estimate of drug-likeness (QED) is 0.176. The summed E-state index contributed by atoms with van der Waals surface area (Å²) in [4.78, 5) is 0. The lowest BCUT2D eigenvalue weighted by atomic mass is 9.79. The topological polar surface area (TPSA) is 18.5 Å². The minimum atomic E-state index is -8.21. The molecule has 0 aromatic carbocycles. The smallest absolute Gasteiger partial charge is 0.449 e. The Kier molecular flexibility index (Phi) is 8.91. The Bertz CT molecular complexity index is 666. The Hall–Kier alpha value is -2.11. The lowest BCUT2D eigenvalue weighted by molar-refractivity contribution is -0.367. The van der Waals surface area contributed by atoms with Crippen LogP contribution in [0.2, 0.25) is 0 Å². The van der Waals surface area contributed by atoms with Gasteiger partial charge < -0.3 is 9.47 Å². The normalized spacial score (nSPS) is 15.6. The molecule has 0 aromatic heterocycles. The maximum atomic E-state index is 14.4. The van der Waals surface area contributed by atoms with Crippen molar-refractivity contribution in [1.29, 1.82) is 0 Å². The average molecular weight is 546 g/mol. The number of hydrogen-bond acceptors (Lipinski definition) is 2. The zero-order chi connectivity index (χ0) is 27.8. The summed E-state index contributed by atoms with van der Waals surface area (Å²) in [6.45, 7) is 3.71. The van der Waals surface area contributed by atoms with Crippen LogP contribution in [0, 0.1) is 0 Å². The Labute approximate surface area is 178 Å². The summed E-state index contributed by atoms with van der Waals surface area (Å²) in [6, 6.07) is 0. The SMILES string of the molecule is C=COC(CCC)OC(=C(C(F)(C(F)(F)F)C(F)(F)F)C(F)(C(F)(F)F)C(F)(F)F)C(F)(F)F. The van der Waals surface area contributed by atoms with E-state index in [0.29, 0.717) is 0 Å². The molecule has 0 saturated heterocycles. The molecule has 0 aromatic rings. The van der Waals surface area contributed by atoms with Crippen LogP contribution in [0.25, 0.3) is 0 Å². The fourth-order valence-electron chi connectivity index (χ4n) is 2.34. The van der Waals surface area contributed by atoms with E-state index in [4.69, 9.17) is 0 Å². The highest BCUT2D eigenvalue weighted by Crippen LogP contribution is 2.63. The number of rotatable bonds is 8. The first kappa shape index (κ1) is 31.9. The monoisotopic (exact) mass is 546 g/mol. The second-order valence-corrected chi connectivity index (χ2v) is 6.15. The second-order valence-electron chi connectivity index (χ2n) is 6.15. The van der Waals surface area contributed by atoms with Gasteiger partial charge in [-0.2, -0.15) is 65.9 Å². The summed E-state index contributed by atoms with van der Waals surface area (Å²) in [5, 5.41) is 0. The Morgan fingerprint density at radius 2 is 1.00 bits per heavy atom. The molecular formula is C15H11F17O2. The number of allylic oxidation sites excluding steroid dienone is 2. The van der Waals surface area contributed by atoms with Gasteiger partial charge in [-0.05, 0) is 6.42 Å². The standard InChI is InChI=1S/C15H11F17O2/c1-3-5-6(33-4-2)34-8(11(18,19)20)7(9(16,12(21,22)23)13(24,25)26)10(17,14(27,28)29)15(30,31)32/h4,6H,2-3,5H2,1H3. The van der Waals surface area contributed by atoms with Gasteiger partial charge in [0.15, 0.2) is 0 Å². The molecule has 0 aliphatic heterocycles. The van der Waals surface area contributed by atoms with Crippen molar-refractivity contribution in [2.24, 2.45) is 0 Å². The molecular weight excluding hydrogens is 535 g/mol. The lowest BCUT2D eigenvalue weighted by Crippen LogP contribution is -2.66. The maximum Gasteiger partial charge on any atom is 0.449 e. The van der Waals surface area contributed by atoms with Crippen LogP contribution in [0.3, 0.4) is 0 Å². The fraction of sp³-hybridized carbons (Fsp3) is 0.733. The maximum absolute atomic E-state index is 14.4. The van der Waals surface area contributed by atoms with E-state index in [1.54, 1.807) is 0 Å². The van der Waals surface area contributed by atoms with E-state index in [2.05, 4.69) is 16.1 Å². The van der Waals surface area contributed by atoms with Gasteiger partial charge in [-0.25, -0.2) is 8.78 Å². The third kappa shape index (κ3) is 5.75. The minimum Gasteiger partial charge on any atom is -0.463 e. The third-order valence-electron chi connectivity index (χ3n) is 3.76. The van der Waals surface area contributed by atoms with E-state index in [1.807, 2.05) is 0 Å². The number of ether oxygens (including phenoxy) is 2. The van der Waals surface area contributed by atoms with Gasteiger partial charge in [-0.15, -0.1) is 0 Å². The molecule has 0 amide bonds.